The van der Waals surface area contributed by atoms with Crippen LogP contribution < -0.4 is 14.8 Å². The number of nitrogens with one attached hydrogen (secondary N) is 1. The Morgan fingerprint density at radius 1 is 1.18 bits per heavy atom. The maximum Gasteiger partial charge on any atom is 0.326 e. The molecule has 0 radical (unpaired) electrons. The van der Waals surface area contributed by atoms with Gasteiger partial charge in [-0.15, -0.1) is 0 Å². The fraction of sp³-hybridized carbons (Fsp3) is 0.550. The number of fused-ring (bicyclic) bond motifs is 1. The quantitative estimate of drug-likeness (QED) is 0.578. The van der Waals surface area contributed by atoms with Gasteiger partial charge in [-0.2, -0.15) is 0 Å². The molecule has 2 aliphatic rings. The second kappa shape index (κ2) is 7.43. The number of hydrogen-bond acceptors (Lipinski definition) is 7. The van der Waals surface area contributed by atoms with Gasteiger partial charge in [0.15, 0.2) is 0 Å². The van der Waals surface area contributed by atoms with E-state index in [4.69, 9.17) is 14.2 Å². The maximum absolute atomic E-state index is 13.1. The molecule has 8 heteroatoms. The highest BCUT2D eigenvalue weighted by molar-refractivity contribution is 6.09. The fourth-order valence-electron chi connectivity index (χ4n) is 4.32. The molecule has 2 saturated heterocycles. The molecule has 2 fully saturated rings. The summed E-state index contributed by atoms with van der Waals surface area (Å²) in [6.07, 6.45) is 0. The highest BCUT2D eigenvalue weighted by atomic mass is 16.5. The van der Waals surface area contributed by atoms with Crippen LogP contribution in [0.3, 0.4) is 0 Å². The SMILES string of the molecule is CCOC(=O)[C@]1(C)N[C@H](c2ccc(OC)cc2OC)[C@@H]2C(=O)N(CC)C(=O)[C@H]21. The molecule has 0 bridgehead atoms. The van der Waals surface area contributed by atoms with Crippen molar-refractivity contribution in [2.45, 2.75) is 32.4 Å². The van der Waals surface area contributed by atoms with E-state index in [-0.39, 0.29) is 25.0 Å². The average molecular weight is 390 g/mol. The topological polar surface area (TPSA) is 94.2 Å². The van der Waals surface area contributed by atoms with Crippen molar-refractivity contribution < 1.29 is 28.6 Å². The number of rotatable bonds is 6. The van der Waals surface area contributed by atoms with E-state index in [0.717, 1.165) is 0 Å². The molecule has 2 aliphatic heterocycles. The summed E-state index contributed by atoms with van der Waals surface area (Å²) in [5, 5.41) is 3.22. The zero-order valence-electron chi connectivity index (χ0n) is 16.8. The van der Waals surface area contributed by atoms with Crippen molar-refractivity contribution in [3.8, 4) is 11.5 Å². The second-order valence-electron chi connectivity index (χ2n) is 7.08. The van der Waals surface area contributed by atoms with Gasteiger partial charge in [0.1, 0.15) is 17.0 Å². The first-order chi connectivity index (χ1) is 13.3. The Bertz CT molecular complexity index is 810. The van der Waals surface area contributed by atoms with Crippen molar-refractivity contribution in [1.82, 2.24) is 10.2 Å². The molecule has 0 spiro atoms. The first-order valence-electron chi connectivity index (χ1n) is 9.36. The normalized spacial score (nSPS) is 29.0. The van der Waals surface area contributed by atoms with E-state index in [1.165, 1.54) is 12.0 Å². The fourth-order valence-corrected chi connectivity index (χ4v) is 4.32. The largest absolute Gasteiger partial charge is 0.497 e. The molecule has 0 aromatic heterocycles. The number of carbonyl (C=O) groups is 3. The van der Waals surface area contributed by atoms with Crippen molar-refractivity contribution in [2.75, 3.05) is 27.4 Å². The first-order valence-corrected chi connectivity index (χ1v) is 9.36. The Labute approximate surface area is 164 Å². The van der Waals surface area contributed by atoms with Gasteiger partial charge in [-0.25, -0.2) is 0 Å². The maximum atomic E-state index is 13.1. The number of likely N-dealkylation sites (tertiary alicyclic amines) is 1. The summed E-state index contributed by atoms with van der Waals surface area (Å²) in [5.74, 6) is -1.62. The van der Waals surface area contributed by atoms with E-state index < -0.39 is 29.4 Å². The van der Waals surface area contributed by atoms with Crippen molar-refractivity contribution in [3.05, 3.63) is 23.8 Å². The molecule has 0 aliphatic carbocycles. The highest BCUT2D eigenvalue weighted by Crippen LogP contribution is 2.50. The third-order valence-corrected chi connectivity index (χ3v) is 5.67. The number of methoxy groups -OCH3 is 2. The molecular formula is C20H26N2O6. The summed E-state index contributed by atoms with van der Waals surface area (Å²) in [4.78, 5) is 40.0. The molecular weight excluding hydrogens is 364 g/mol. The molecule has 3 rings (SSSR count). The van der Waals surface area contributed by atoms with Crippen LogP contribution in [0.5, 0.6) is 11.5 Å². The molecule has 28 heavy (non-hydrogen) atoms. The number of ether oxygens (including phenoxy) is 3. The molecule has 2 amide bonds. The van der Waals surface area contributed by atoms with Gasteiger partial charge in [-0.1, -0.05) is 6.07 Å². The van der Waals surface area contributed by atoms with Crippen molar-refractivity contribution in [2.24, 2.45) is 11.8 Å². The number of benzene rings is 1. The lowest BCUT2D eigenvalue weighted by atomic mass is 9.80. The molecule has 1 aromatic rings. The van der Waals surface area contributed by atoms with Crippen LogP contribution in [0.25, 0.3) is 0 Å². The van der Waals surface area contributed by atoms with Crippen LogP contribution in [0.2, 0.25) is 0 Å². The Morgan fingerprint density at radius 2 is 1.89 bits per heavy atom. The summed E-state index contributed by atoms with van der Waals surface area (Å²) >= 11 is 0. The molecule has 1 N–H and O–H groups in total. The number of hydrogen-bond donors (Lipinski definition) is 1. The molecule has 0 saturated carbocycles. The van der Waals surface area contributed by atoms with Gasteiger partial charge in [-0.05, 0) is 26.8 Å². The molecule has 2 heterocycles. The van der Waals surface area contributed by atoms with E-state index in [1.807, 2.05) is 0 Å². The molecule has 1 aromatic carbocycles. The summed E-state index contributed by atoms with van der Waals surface area (Å²) < 4.78 is 16.0. The van der Waals surface area contributed by atoms with Crippen molar-refractivity contribution in [1.29, 1.82) is 0 Å². The Balaban J connectivity index is 2.12. The molecule has 8 nitrogen and oxygen atoms in total. The summed E-state index contributed by atoms with van der Waals surface area (Å²) in [6, 6.07) is 4.68. The molecule has 4 atom stereocenters. The van der Waals surface area contributed by atoms with E-state index >= 15 is 0 Å². The van der Waals surface area contributed by atoms with E-state index in [2.05, 4.69) is 5.32 Å². The Kier molecular flexibility index (Phi) is 5.34. The minimum Gasteiger partial charge on any atom is -0.497 e. The highest BCUT2D eigenvalue weighted by Gasteiger charge is 2.67. The van der Waals surface area contributed by atoms with Crippen LogP contribution in [0.4, 0.5) is 0 Å². The lowest BCUT2D eigenvalue weighted by molar-refractivity contribution is -0.155. The second-order valence-corrected chi connectivity index (χ2v) is 7.08. The predicted octanol–water partition coefficient (Wildman–Crippen LogP) is 1.29. The molecule has 152 valence electrons. The number of amides is 2. The standard InChI is InChI=1S/C20H26N2O6/c1-6-22-17(23)14-15(18(22)24)20(3,19(25)28-7-2)21-16(14)12-9-8-11(26-4)10-13(12)27-5/h8-10,14-16,21H,6-7H2,1-5H3/t14-,15+,16-,20-/m1/s1. The minimum atomic E-state index is -1.31. The van der Waals surface area contributed by atoms with E-state index in [1.54, 1.807) is 46.1 Å². The first kappa shape index (κ1) is 20.1. The van der Waals surface area contributed by atoms with Gasteiger partial charge in [0.05, 0.1) is 32.7 Å². The van der Waals surface area contributed by atoms with E-state index in [0.29, 0.717) is 17.1 Å². The van der Waals surface area contributed by atoms with Crippen LogP contribution in [-0.2, 0) is 19.1 Å². The van der Waals surface area contributed by atoms with Crippen molar-refractivity contribution >= 4 is 17.8 Å². The van der Waals surface area contributed by atoms with Gasteiger partial charge < -0.3 is 14.2 Å². The van der Waals surface area contributed by atoms with Crippen LogP contribution in [0, 0.1) is 11.8 Å². The van der Waals surface area contributed by atoms with Crippen LogP contribution >= 0.6 is 0 Å². The predicted molar refractivity (Wildman–Crippen MR) is 99.8 cm³/mol. The zero-order valence-corrected chi connectivity index (χ0v) is 16.8. The lowest BCUT2D eigenvalue weighted by Crippen LogP contribution is -2.54. The van der Waals surface area contributed by atoms with Gasteiger partial charge in [-0.3, -0.25) is 24.6 Å². The van der Waals surface area contributed by atoms with Crippen LogP contribution in [0.15, 0.2) is 18.2 Å². The van der Waals surface area contributed by atoms with E-state index in [9.17, 15) is 14.4 Å². The monoisotopic (exact) mass is 390 g/mol. The van der Waals surface area contributed by atoms with Crippen molar-refractivity contribution in [3.63, 3.8) is 0 Å². The average Bonchev–Trinajstić information content (AvgIpc) is 3.15. The number of imide groups is 1. The number of carbonyl (C=O) groups excluding carboxylic acids is 3. The van der Waals surface area contributed by atoms with Gasteiger partial charge >= 0.3 is 5.97 Å². The minimum absolute atomic E-state index is 0.184. The lowest BCUT2D eigenvalue weighted by Gasteiger charge is -2.29. The Morgan fingerprint density at radius 3 is 2.46 bits per heavy atom. The van der Waals surface area contributed by atoms with Gasteiger partial charge in [0.2, 0.25) is 11.8 Å². The smallest absolute Gasteiger partial charge is 0.326 e. The van der Waals surface area contributed by atoms with Crippen LogP contribution in [0.1, 0.15) is 32.4 Å². The van der Waals surface area contributed by atoms with Gasteiger partial charge in [0.25, 0.3) is 0 Å². The van der Waals surface area contributed by atoms with Crippen LogP contribution in [-0.4, -0.2) is 55.6 Å². The third-order valence-electron chi connectivity index (χ3n) is 5.67. The zero-order chi connectivity index (χ0) is 20.6. The summed E-state index contributed by atoms with van der Waals surface area (Å²) in [5.41, 5.74) is -0.627. The Hall–Kier alpha value is -2.61. The molecule has 0 unspecified atom stereocenters. The number of nitrogens with zero attached hydrogens (tertiary/aromatic N) is 1. The summed E-state index contributed by atoms with van der Waals surface area (Å²) in [6.45, 7) is 5.52. The third kappa shape index (κ3) is 2.83. The summed E-state index contributed by atoms with van der Waals surface area (Å²) in [7, 11) is 3.07. The van der Waals surface area contributed by atoms with Gasteiger partial charge in [0, 0.05) is 24.2 Å². The number of esters is 1.